The normalized spacial score (nSPS) is 15.7. The summed E-state index contributed by atoms with van der Waals surface area (Å²) in [5, 5.41) is 13.7. The van der Waals surface area contributed by atoms with Crippen molar-refractivity contribution in [3.8, 4) is 28.5 Å². The Morgan fingerprint density at radius 1 is 1.12 bits per heavy atom. The van der Waals surface area contributed by atoms with Crippen LogP contribution in [0.25, 0.3) is 33.5 Å². The third-order valence-corrected chi connectivity index (χ3v) is 5.93. The number of nitrogens with zero attached hydrogens (tertiary/aromatic N) is 8. The van der Waals surface area contributed by atoms with Crippen molar-refractivity contribution in [3.63, 3.8) is 0 Å². The van der Waals surface area contributed by atoms with E-state index < -0.39 is 0 Å². The first-order valence-corrected chi connectivity index (χ1v) is 10.8. The Kier molecular flexibility index (Phi) is 4.39. The zero-order chi connectivity index (χ0) is 22.5. The van der Waals surface area contributed by atoms with Gasteiger partial charge in [-0.1, -0.05) is 0 Å². The molecule has 1 atom stereocenters. The van der Waals surface area contributed by atoms with Gasteiger partial charge in [0.15, 0.2) is 5.82 Å². The predicted molar refractivity (Wildman–Crippen MR) is 124 cm³/mol. The summed E-state index contributed by atoms with van der Waals surface area (Å²) in [4.78, 5) is 13.8. The molecule has 6 heterocycles. The van der Waals surface area contributed by atoms with Gasteiger partial charge in [0, 0.05) is 62.3 Å². The van der Waals surface area contributed by atoms with E-state index in [0.717, 1.165) is 34.1 Å². The fraction of sp³-hybridized carbons (Fsp3) is 0.261. The lowest BCUT2D eigenvalue weighted by atomic mass is 10.1. The Morgan fingerprint density at radius 3 is 2.88 bits per heavy atom. The lowest BCUT2D eigenvalue weighted by Gasteiger charge is -2.16. The van der Waals surface area contributed by atoms with Crippen LogP contribution in [0.1, 0.15) is 19.4 Å². The molecule has 5 aromatic rings. The number of rotatable bonds is 1. The van der Waals surface area contributed by atoms with E-state index in [-0.39, 0.29) is 6.04 Å². The van der Waals surface area contributed by atoms with Gasteiger partial charge in [-0.05, 0) is 19.1 Å². The standard InChI is InChI=1S/C23H23N9O/c1-14-6-9-33-23-17(12-26-31(23)3)22-24-7-4-19(28-22)27-20-10-18-16(11-25-20)21(29-32(14)18)15-5-8-30(2)13-15/h4-5,7-8,10-14H,6,9H2,1-3H3,(H,24,25,27,28)/t14-/m0/s1. The van der Waals surface area contributed by atoms with Crippen LogP contribution >= 0.6 is 0 Å². The van der Waals surface area contributed by atoms with Crippen LogP contribution in [0.5, 0.6) is 5.88 Å². The Labute approximate surface area is 189 Å². The second kappa shape index (κ2) is 7.44. The van der Waals surface area contributed by atoms with Crippen LogP contribution in [0.4, 0.5) is 11.6 Å². The number of aryl methyl sites for hydroxylation is 2. The lowest BCUT2D eigenvalue weighted by Crippen LogP contribution is -2.13. The number of aromatic nitrogens is 8. The van der Waals surface area contributed by atoms with Crippen LogP contribution < -0.4 is 10.1 Å². The van der Waals surface area contributed by atoms with Gasteiger partial charge in [-0.2, -0.15) is 10.2 Å². The van der Waals surface area contributed by atoms with Gasteiger partial charge < -0.3 is 14.6 Å². The third-order valence-electron chi connectivity index (χ3n) is 5.93. The molecular formula is C23H23N9O. The average molecular weight is 441 g/mol. The van der Waals surface area contributed by atoms with Gasteiger partial charge in [0.1, 0.15) is 22.9 Å². The summed E-state index contributed by atoms with van der Waals surface area (Å²) in [6, 6.07) is 6.01. The van der Waals surface area contributed by atoms with E-state index in [2.05, 4.69) is 49.2 Å². The second-order valence-electron chi connectivity index (χ2n) is 8.31. The third kappa shape index (κ3) is 3.30. The maximum Gasteiger partial charge on any atom is 0.222 e. The van der Waals surface area contributed by atoms with Gasteiger partial charge in [-0.15, -0.1) is 0 Å². The van der Waals surface area contributed by atoms with Crippen LogP contribution in [0.3, 0.4) is 0 Å². The van der Waals surface area contributed by atoms with Crippen LogP contribution in [-0.4, -0.2) is 45.7 Å². The first kappa shape index (κ1) is 19.5. The van der Waals surface area contributed by atoms with Crippen LogP contribution in [-0.2, 0) is 14.1 Å². The van der Waals surface area contributed by atoms with Crippen molar-refractivity contribution in [2.24, 2.45) is 14.1 Å². The second-order valence-corrected chi connectivity index (χ2v) is 8.31. The van der Waals surface area contributed by atoms with E-state index in [1.54, 1.807) is 17.1 Å². The molecule has 10 nitrogen and oxygen atoms in total. The number of hydrogen-bond donors (Lipinski definition) is 1. The van der Waals surface area contributed by atoms with Crippen LogP contribution in [0.2, 0.25) is 0 Å². The fourth-order valence-electron chi connectivity index (χ4n) is 4.18. The molecule has 0 saturated carbocycles. The number of nitrogens with one attached hydrogen (secondary N) is 1. The number of anilines is 2. The summed E-state index contributed by atoms with van der Waals surface area (Å²) >= 11 is 0. The fourth-order valence-corrected chi connectivity index (χ4v) is 4.18. The van der Waals surface area contributed by atoms with Crippen molar-refractivity contribution >= 4 is 22.5 Å². The monoisotopic (exact) mass is 441 g/mol. The number of pyridine rings is 1. The van der Waals surface area contributed by atoms with Gasteiger partial charge in [0.25, 0.3) is 0 Å². The molecule has 1 N–H and O–H groups in total. The first-order chi connectivity index (χ1) is 16.1. The van der Waals surface area contributed by atoms with E-state index in [4.69, 9.17) is 9.84 Å². The molecule has 0 saturated heterocycles. The van der Waals surface area contributed by atoms with Crippen molar-refractivity contribution < 1.29 is 4.74 Å². The van der Waals surface area contributed by atoms with E-state index in [1.165, 1.54) is 0 Å². The molecule has 4 bridgehead atoms. The molecule has 5 aromatic heterocycles. The summed E-state index contributed by atoms with van der Waals surface area (Å²) in [5.41, 5.74) is 3.73. The molecule has 0 amide bonds. The Bertz CT molecular complexity index is 1480. The molecule has 0 spiro atoms. The quantitative estimate of drug-likeness (QED) is 0.423. The van der Waals surface area contributed by atoms with Gasteiger partial charge in [0.2, 0.25) is 5.88 Å². The zero-order valence-corrected chi connectivity index (χ0v) is 18.6. The topological polar surface area (TPSA) is 100 Å². The van der Waals surface area contributed by atoms with E-state index in [1.807, 2.05) is 43.2 Å². The maximum atomic E-state index is 6.16. The largest absolute Gasteiger partial charge is 0.477 e. The molecular weight excluding hydrogens is 418 g/mol. The van der Waals surface area contributed by atoms with Crippen molar-refractivity contribution in [2.45, 2.75) is 19.4 Å². The molecule has 0 aliphatic carbocycles. The highest BCUT2D eigenvalue weighted by molar-refractivity contribution is 5.94. The average Bonchev–Trinajstić information content (AvgIpc) is 3.50. The highest BCUT2D eigenvalue weighted by Crippen LogP contribution is 2.33. The molecule has 0 unspecified atom stereocenters. The summed E-state index contributed by atoms with van der Waals surface area (Å²) in [6.45, 7) is 2.66. The van der Waals surface area contributed by atoms with Crippen LogP contribution in [0.15, 0.2) is 49.2 Å². The molecule has 0 radical (unpaired) electrons. The Balaban J connectivity index is 1.51. The van der Waals surface area contributed by atoms with Crippen molar-refractivity contribution in [2.75, 3.05) is 11.9 Å². The molecule has 33 heavy (non-hydrogen) atoms. The molecule has 0 fully saturated rings. The van der Waals surface area contributed by atoms with E-state index >= 15 is 0 Å². The minimum Gasteiger partial charge on any atom is -0.477 e. The van der Waals surface area contributed by atoms with Gasteiger partial charge in [-0.25, -0.2) is 19.6 Å². The predicted octanol–water partition coefficient (Wildman–Crippen LogP) is 3.71. The summed E-state index contributed by atoms with van der Waals surface area (Å²) < 4.78 is 12.0. The van der Waals surface area contributed by atoms with E-state index in [9.17, 15) is 0 Å². The minimum atomic E-state index is 0.105. The first-order valence-electron chi connectivity index (χ1n) is 10.8. The van der Waals surface area contributed by atoms with Gasteiger partial charge >= 0.3 is 0 Å². The lowest BCUT2D eigenvalue weighted by molar-refractivity contribution is 0.260. The smallest absolute Gasteiger partial charge is 0.222 e. The van der Waals surface area contributed by atoms with Crippen molar-refractivity contribution in [1.29, 1.82) is 0 Å². The minimum absolute atomic E-state index is 0.105. The summed E-state index contributed by atoms with van der Waals surface area (Å²) in [5.74, 6) is 2.52. The summed E-state index contributed by atoms with van der Waals surface area (Å²) in [6.07, 6.45) is 10.2. The number of ether oxygens (including phenoxy) is 1. The van der Waals surface area contributed by atoms with Crippen LogP contribution in [0, 0.1) is 0 Å². The van der Waals surface area contributed by atoms with Crippen molar-refractivity contribution in [1.82, 2.24) is 39.1 Å². The summed E-state index contributed by atoms with van der Waals surface area (Å²) in [7, 11) is 3.86. The molecule has 166 valence electrons. The maximum absolute atomic E-state index is 6.16. The molecule has 6 rings (SSSR count). The number of fused-ring (bicyclic) bond motifs is 5. The number of hydrogen-bond acceptors (Lipinski definition) is 7. The molecule has 0 aromatic carbocycles. The van der Waals surface area contributed by atoms with Crippen molar-refractivity contribution in [3.05, 3.63) is 49.2 Å². The Morgan fingerprint density at radius 2 is 2.03 bits per heavy atom. The Hall–Kier alpha value is -4.21. The molecule has 1 aliphatic rings. The van der Waals surface area contributed by atoms with Gasteiger partial charge in [0.05, 0.1) is 24.4 Å². The molecule has 1 aliphatic heterocycles. The van der Waals surface area contributed by atoms with E-state index in [0.29, 0.717) is 29.9 Å². The SMILES string of the molecule is C[C@H]1CCOc2c(cnn2C)-c2nccc(n2)Nc2cc3c(cn2)c(-c2ccn(C)c2)nn31. The van der Waals surface area contributed by atoms with Gasteiger partial charge in [-0.3, -0.25) is 4.68 Å². The highest BCUT2D eigenvalue weighted by atomic mass is 16.5. The zero-order valence-electron chi connectivity index (χ0n) is 18.6. The highest BCUT2D eigenvalue weighted by Gasteiger charge is 2.20. The molecule has 10 heteroatoms.